The van der Waals surface area contributed by atoms with Crippen LogP contribution < -0.4 is 3.79 Å². The standard InChI is InChI=1S/C6HCl5O.2C3H9OSi.Al/c7-1-2(8)4(10)6(12)5(11)3(1)9;2*1-5(2,3)4;/h12H;2*1-3H3;/q;2*-1;+3/p-1. The van der Waals surface area contributed by atoms with Gasteiger partial charge in [-0.05, 0) is 39.3 Å². The van der Waals surface area contributed by atoms with Crippen LogP contribution in [0.1, 0.15) is 0 Å². The Labute approximate surface area is 169 Å². The Bertz CT molecular complexity index is 545. The highest BCUT2D eigenvalue weighted by Gasteiger charge is 2.44. The fourth-order valence-corrected chi connectivity index (χ4v) is 8.85. The van der Waals surface area contributed by atoms with E-state index in [0.717, 1.165) is 0 Å². The molecule has 0 saturated carbocycles. The first-order chi connectivity index (χ1) is 10.2. The van der Waals surface area contributed by atoms with Crippen molar-refractivity contribution in [3.8, 4) is 5.75 Å². The van der Waals surface area contributed by atoms with Crippen LogP contribution in [-0.4, -0.2) is 31.8 Å². The van der Waals surface area contributed by atoms with E-state index < -0.39 is 31.8 Å². The second kappa shape index (κ2) is 8.37. The summed E-state index contributed by atoms with van der Waals surface area (Å²) in [6.45, 7) is 12.3. The average Bonchev–Trinajstić information content (AvgIpc) is 2.35. The molecule has 0 atom stereocenters. The molecule has 0 fully saturated rings. The van der Waals surface area contributed by atoms with Crippen molar-refractivity contribution >= 4 is 89.8 Å². The van der Waals surface area contributed by atoms with Crippen molar-refractivity contribution in [1.82, 2.24) is 0 Å². The predicted molar refractivity (Wildman–Crippen MR) is 107 cm³/mol. The molecule has 23 heavy (non-hydrogen) atoms. The van der Waals surface area contributed by atoms with Crippen molar-refractivity contribution in [2.24, 2.45) is 0 Å². The van der Waals surface area contributed by atoms with Crippen LogP contribution in [0.5, 0.6) is 5.75 Å². The molecule has 11 heteroatoms. The number of benzene rings is 1. The molecule has 0 saturated heterocycles. The highest BCUT2D eigenvalue weighted by Crippen LogP contribution is 2.48. The van der Waals surface area contributed by atoms with Crippen molar-refractivity contribution in [1.29, 1.82) is 0 Å². The zero-order chi connectivity index (χ0) is 18.2. The zero-order valence-corrected chi connectivity index (χ0v) is 20.6. The van der Waals surface area contributed by atoms with Gasteiger partial charge >= 0.3 is 15.1 Å². The molecule has 0 heterocycles. The Balaban J connectivity index is 3.23. The minimum absolute atomic E-state index is 0.0890. The summed E-state index contributed by atoms with van der Waals surface area (Å²) >= 11 is 28.0. The third-order valence-electron chi connectivity index (χ3n) is 2.28. The molecular weight excluding hydrogens is 453 g/mol. The van der Waals surface area contributed by atoms with E-state index in [9.17, 15) is 0 Å². The van der Waals surface area contributed by atoms with Crippen LogP contribution in [0.4, 0.5) is 0 Å². The van der Waals surface area contributed by atoms with Gasteiger partial charge in [-0.25, -0.2) is 0 Å². The quantitative estimate of drug-likeness (QED) is 0.254. The molecule has 0 unspecified atom stereocenters. The maximum atomic E-state index is 6.21. The highest BCUT2D eigenvalue weighted by molar-refractivity contribution is 6.79. The van der Waals surface area contributed by atoms with Gasteiger partial charge in [0.05, 0.1) is 15.1 Å². The Kier molecular flexibility index (Phi) is 8.15. The minimum Gasteiger partial charge on any atom is -0.597 e. The molecule has 0 aromatic heterocycles. The lowest BCUT2D eigenvalue weighted by Gasteiger charge is -2.28. The normalized spacial score (nSPS) is 12.5. The highest BCUT2D eigenvalue weighted by atomic mass is 35.5. The third-order valence-corrected chi connectivity index (χ3v) is 12.1. The summed E-state index contributed by atoms with van der Waals surface area (Å²) in [6.07, 6.45) is 0. The minimum atomic E-state index is -2.53. The first kappa shape index (κ1) is 22.4. The lowest BCUT2D eigenvalue weighted by atomic mass is 10.3. The zero-order valence-electron chi connectivity index (χ0n) is 13.7. The summed E-state index contributed by atoms with van der Waals surface area (Å²) in [4.78, 5) is 0. The summed E-state index contributed by atoms with van der Waals surface area (Å²) in [6, 6.07) is 0. The van der Waals surface area contributed by atoms with Gasteiger partial charge in [-0.15, -0.1) is 0 Å². The number of hydrogen-bond donors (Lipinski definition) is 0. The molecule has 0 bridgehead atoms. The predicted octanol–water partition coefficient (Wildman–Crippen LogP) is 7.02. The average molecular weight is 471 g/mol. The van der Waals surface area contributed by atoms with Gasteiger partial charge in [0.2, 0.25) is 0 Å². The third kappa shape index (κ3) is 6.88. The van der Waals surface area contributed by atoms with Crippen LogP contribution in [0.25, 0.3) is 0 Å². The smallest absolute Gasteiger partial charge is 0.597 e. The van der Waals surface area contributed by atoms with Gasteiger partial charge < -0.3 is 10.7 Å². The molecule has 0 aliphatic carbocycles. The lowest BCUT2D eigenvalue weighted by molar-refractivity contribution is 0.302. The van der Waals surface area contributed by atoms with E-state index >= 15 is 0 Å². The van der Waals surface area contributed by atoms with Gasteiger partial charge in [-0.2, -0.15) is 0 Å². The van der Waals surface area contributed by atoms with E-state index in [-0.39, 0.29) is 30.9 Å². The molecule has 0 aliphatic rings. The van der Waals surface area contributed by atoms with Gasteiger partial charge in [0, 0.05) is 0 Å². The lowest BCUT2D eigenvalue weighted by Crippen LogP contribution is -2.46. The van der Waals surface area contributed by atoms with Crippen molar-refractivity contribution in [2.45, 2.75) is 39.3 Å². The largest absolute Gasteiger partial charge is 0.979 e. The van der Waals surface area contributed by atoms with E-state index in [1.54, 1.807) is 0 Å². The molecule has 0 amide bonds. The first-order valence-corrected chi connectivity index (χ1v) is 16.9. The Morgan fingerprint density at radius 2 is 0.913 bits per heavy atom. The first-order valence-electron chi connectivity index (χ1n) is 6.76. The fraction of sp³-hybridized carbons (Fsp3) is 0.500. The molecule has 1 aromatic rings. The van der Waals surface area contributed by atoms with Crippen molar-refractivity contribution in [3.63, 3.8) is 0 Å². The fourth-order valence-electron chi connectivity index (χ4n) is 1.43. The van der Waals surface area contributed by atoms with Crippen LogP contribution in [0.3, 0.4) is 0 Å². The van der Waals surface area contributed by atoms with Gasteiger partial charge in [-0.1, -0.05) is 58.0 Å². The van der Waals surface area contributed by atoms with Crippen molar-refractivity contribution in [3.05, 3.63) is 25.1 Å². The summed E-state index contributed by atoms with van der Waals surface area (Å²) < 4.78 is 18.1. The summed E-state index contributed by atoms with van der Waals surface area (Å²) in [5.41, 5.74) is 0. The monoisotopic (exact) mass is 468 g/mol. The number of rotatable bonds is 6. The molecule has 3 nitrogen and oxygen atoms in total. The maximum absolute atomic E-state index is 6.21. The van der Waals surface area contributed by atoms with Gasteiger partial charge in [0.15, 0.2) is 16.6 Å². The molecular formula is C12H18AlCl5O3Si2. The van der Waals surface area contributed by atoms with E-state index in [4.69, 9.17) is 68.7 Å². The van der Waals surface area contributed by atoms with Gasteiger partial charge in [0.25, 0.3) is 0 Å². The molecule has 0 radical (unpaired) electrons. The molecule has 130 valence electrons. The molecule has 0 spiro atoms. The maximum Gasteiger partial charge on any atom is 0.979 e. The van der Waals surface area contributed by atoms with E-state index in [1.807, 2.05) is 0 Å². The second-order valence-corrected chi connectivity index (χ2v) is 19.8. The van der Waals surface area contributed by atoms with Crippen molar-refractivity contribution < 1.29 is 10.7 Å². The Hall–Kier alpha value is 1.36. The SMILES string of the molecule is C[Si](C)(C)[O][Al]([O]c1c(Cl)c(Cl)c(Cl)c(Cl)c1Cl)[O][Si](C)(C)C. The van der Waals surface area contributed by atoms with Gasteiger partial charge in [0.1, 0.15) is 15.8 Å². The van der Waals surface area contributed by atoms with Gasteiger partial charge in [-0.3, -0.25) is 0 Å². The summed E-state index contributed by atoms with van der Waals surface area (Å²) in [5.74, 6) is 0.154. The van der Waals surface area contributed by atoms with Crippen molar-refractivity contribution in [2.75, 3.05) is 0 Å². The summed E-state index contributed by atoms with van der Waals surface area (Å²) in [7, 11) is -3.78. The van der Waals surface area contributed by atoms with Crippen LogP contribution in [0, 0.1) is 0 Å². The van der Waals surface area contributed by atoms with Crippen LogP contribution in [-0.2, 0) is 6.96 Å². The molecule has 1 aromatic carbocycles. The molecule has 1 rings (SSSR count). The number of hydrogen-bond acceptors (Lipinski definition) is 3. The topological polar surface area (TPSA) is 27.7 Å². The van der Waals surface area contributed by atoms with E-state index in [1.165, 1.54) is 0 Å². The number of halogens is 5. The van der Waals surface area contributed by atoms with E-state index in [2.05, 4.69) is 39.3 Å². The Morgan fingerprint density at radius 1 is 0.609 bits per heavy atom. The Morgan fingerprint density at radius 3 is 1.22 bits per heavy atom. The van der Waals surface area contributed by atoms with Crippen LogP contribution in [0.2, 0.25) is 64.4 Å². The van der Waals surface area contributed by atoms with Crippen LogP contribution in [0.15, 0.2) is 0 Å². The summed E-state index contributed by atoms with van der Waals surface area (Å²) in [5, 5.41) is 0.466. The molecule has 0 aliphatic heterocycles. The second-order valence-electron chi connectivity index (χ2n) is 6.77. The van der Waals surface area contributed by atoms with Crippen LogP contribution >= 0.6 is 58.0 Å². The van der Waals surface area contributed by atoms with E-state index in [0.29, 0.717) is 0 Å². The molecule has 0 N–H and O–H groups in total.